The van der Waals surface area contributed by atoms with E-state index in [-0.39, 0.29) is 5.56 Å². The van der Waals surface area contributed by atoms with Gasteiger partial charge in [0.1, 0.15) is 11.6 Å². The number of pyridine rings is 1. The molecule has 2 aromatic rings. The zero-order chi connectivity index (χ0) is 17.1. The molecule has 128 valence electrons. The number of ether oxygens (including phenoxy) is 1. The van der Waals surface area contributed by atoms with Crippen LogP contribution in [0, 0.1) is 19.8 Å². The van der Waals surface area contributed by atoms with Crippen LogP contribution in [0.4, 0.5) is 5.82 Å². The van der Waals surface area contributed by atoms with Crippen LogP contribution in [0.5, 0.6) is 0 Å². The first-order valence-electron chi connectivity index (χ1n) is 8.36. The fraction of sp³-hybridized carbons (Fsp3) is 0.500. The number of rotatable bonds is 4. The van der Waals surface area contributed by atoms with E-state index in [0.29, 0.717) is 17.3 Å². The molecule has 1 fully saturated rings. The molecule has 1 aliphatic rings. The van der Waals surface area contributed by atoms with Crippen molar-refractivity contribution in [3.8, 4) is 11.4 Å². The predicted molar refractivity (Wildman–Crippen MR) is 94.4 cm³/mol. The van der Waals surface area contributed by atoms with Crippen molar-refractivity contribution in [1.82, 2.24) is 15.0 Å². The average molecular weight is 328 g/mol. The smallest absolute Gasteiger partial charge is 0.254 e. The Morgan fingerprint density at radius 3 is 2.62 bits per heavy atom. The second-order valence-corrected chi connectivity index (χ2v) is 6.42. The van der Waals surface area contributed by atoms with Crippen LogP contribution >= 0.6 is 0 Å². The van der Waals surface area contributed by atoms with Crippen LogP contribution in [0.1, 0.15) is 24.1 Å². The summed E-state index contributed by atoms with van der Waals surface area (Å²) in [6.07, 6.45) is 4.04. The Labute approximate surface area is 141 Å². The Bertz CT molecular complexity index is 747. The molecule has 0 saturated carbocycles. The average Bonchev–Trinajstić information content (AvgIpc) is 2.60. The van der Waals surface area contributed by atoms with Gasteiger partial charge in [0.2, 0.25) is 0 Å². The second kappa shape index (κ2) is 7.13. The lowest BCUT2D eigenvalue weighted by Crippen LogP contribution is -2.35. The van der Waals surface area contributed by atoms with Gasteiger partial charge in [0.25, 0.3) is 5.56 Å². The molecule has 1 saturated heterocycles. The van der Waals surface area contributed by atoms with Crippen molar-refractivity contribution in [2.24, 2.45) is 5.92 Å². The topological polar surface area (TPSA) is 71.1 Å². The first kappa shape index (κ1) is 16.6. The number of aromatic nitrogens is 3. The Morgan fingerprint density at radius 2 is 2.04 bits per heavy atom. The molecule has 0 atom stereocenters. The van der Waals surface area contributed by atoms with Crippen LogP contribution in [0.25, 0.3) is 11.4 Å². The van der Waals surface area contributed by atoms with E-state index in [0.717, 1.165) is 49.6 Å². The molecule has 2 aromatic heterocycles. The molecule has 0 aromatic carbocycles. The van der Waals surface area contributed by atoms with E-state index in [1.807, 2.05) is 19.1 Å². The summed E-state index contributed by atoms with van der Waals surface area (Å²) < 4.78 is 5.24. The van der Waals surface area contributed by atoms with Gasteiger partial charge < -0.3 is 14.6 Å². The van der Waals surface area contributed by atoms with E-state index in [1.54, 1.807) is 20.2 Å². The minimum Gasteiger partial charge on any atom is -0.384 e. The number of hydrogen-bond donors (Lipinski definition) is 1. The standard InChI is InChI=1S/C18H24N4O2/c1-12-13(2)20-17(21-18(12)23)15-4-5-16(19-10-15)22-8-6-14(7-9-22)11-24-3/h4-5,10,14H,6-9,11H2,1-3H3,(H,20,21,23). The molecule has 6 nitrogen and oxygen atoms in total. The van der Waals surface area contributed by atoms with Gasteiger partial charge in [-0.05, 0) is 44.7 Å². The van der Waals surface area contributed by atoms with Crippen molar-refractivity contribution in [2.75, 3.05) is 31.7 Å². The Hall–Kier alpha value is -2.21. The highest BCUT2D eigenvalue weighted by Gasteiger charge is 2.20. The van der Waals surface area contributed by atoms with Crippen molar-refractivity contribution >= 4 is 5.82 Å². The van der Waals surface area contributed by atoms with E-state index >= 15 is 0 Å². The van der Waals surface area contributed by atoms with Gasteiger partial charge >= 0.3 is 0 Å². The molecule has 24 heavy (non-hydrogen) atoms. The summed E-state index contributed by atoms with van der Waals surface area (Å²) >= 11 is 0. The number of aromatic amines is 1. The normalized spacial score (nSPS) is 15.7. The summed E-state index contributed by atoms with van der Waals surface area (Å²) in [5.41, 5.74) is 2.13. The van der Waals surface area contributed by atoms with Crippen LogP contribution in [0.15, 0.2) is 23.1 Å². The molecule has 0 aliphatic carbocycles. The molecule has 0 unspecified atom stereocenters. The van der Waals surface area contributed by atoms with Crippen LogP contribution in [-0.2, 0) is 4.74 Å². The van der Waals surface area contributed by atoms with Crippen LogP contribution in [0.3, 0.4) is 0 Å². The summed E-state index contributed by atoms with van der Waals surface area (Å²) in [4.78, 5) is 26.0. The quantitative estimate of drug-likeness (QED) is 0.932. The van der Waals surface area contributed by atoms with Gasteiger partial charge in [0.15, 0.2) is 0 Å². The molecule has 0 bridgehead atoms. The van der Waals surface area contributed by atoms with Gasteiger partial charge in [0.05, 0.1) is 0 Å². The van der Waals surface area contributed by atoms with Crippen molar-refractivity contribution < 1.29 is 4.74 Å². The summed E-state index contributed by atoms with van der Waals surface area (Å²) in [5, 5.41) is 0. The summed E-state index contributed by atoms with van der Waals surface area (Å²) in [7, 11) is 1.76. The Morgan fingerprint density at radius 1 is 1.29 bits per heavy atom. The number of methoxy groups -OCH3 is 1. The summed E-state index contributed by atoms with van der Waals surface area (Å²) in [6, 6.07) is 3.97. The fourth-order valence-electron chi connectivity index (χ4n) is 3.06. The zero-order valence-corrected chi connectivity index (χ0v) is 14.5. The Balaban J connectivity index is 1.73. The minimum atomic E-state index is -0.0956. The maximum absolute atomic E-state index is 11.9. The van der Waals surface area contributed by atoms with Crippen LogP contribution in [0.2, 0.25) is 0 Å². The van der Waals surface area contributed by atoms with Crippen molar-refractivity contribution in [1.29, 1.82) is 0 Å². The van der Waals surface area contributed by atoms with Gasteiger partial charge in [-0.1, -0.05) is 0 Å². The summed E-state index contributed by atoms with van der Waals surface area (Å²) in [5.74, 6) is 2.19. The third kappa shape index (κ3) is 3.48. The zero-order valence-electron chi connectivity index (χ0n) is 14.5. The lowest BCUT2D eigenvalue weighted by atomic mass is 9.98. The molecule has 1 N–H and O–H groups in total. The minimum absolute atomic E-state index is 0.0956. The first-order valence-corrected chi connectivity index (χ1v) is 8.36. The highest BCUT2D eigenvalue weighted by Crippen LogP contribution is 2.23. The number of hydrogen-bond acceptors (Lipinski definition) is 5. The van der Waals surface area contributed by atoms with E-state index in [9.17, 15) is 4.79 Å². The van der Waals surface area contributed by atoms with Crippen LogP contribution in [-0.4, -0.2) is 41.8 Å². The molecular formula is C18H24N4O2. The lowest BCUT2D eigenvalue weighted by molar-refractivity contribution is 0.139. The second-order valence-electron chi connectivity index (χ2n) is 6.42. The molecule has 1 aliphatic heterocycles. The van der Waals surface area contributed by atoms with E-state index in [4.69, 9.17) is 4.74 Å². The predicted octanol–water partition coefficient (Wildman–Crippen LogP) is 2.31. The Kier molecular flexibility index (Phi) is 4.94. The first-order chi connectivity index (χ1) is 11.6. The van der Waals surface area contributed by atoms with Gasteiger partial charge in [0, 0.05) is 49.8 Å². The molecule has 0 radical (unpaired) electrons. The maximum Gasteiger partial charge on any atom is 0.254 e. The van der Waals surface area contributed by atoms with Gasteiger partial charge in [-0.3, -0.25) is 4.79 Å². The number of piperidine rings is 1. The third-order valence-corrected chi connectivity index (χ3v) is 4.76. The SMILES string of the molecule is COCC1CCN(c2ccc(-c3nc(C)c(C)c(=O)[nH]3)cn2)CC1. The van der Waals surface area contributed by atoms with E-state index < -0.39 is 0 Å². The number of anilines is 1. The molecular weight excluding hydrogens is 304 g/mol. The van der Waals surface area contributed by atoms with Crippen LogP contribution < -0.4 is 10.5 Å². The lowest BCUT2D eigenvalue weighted by Gasteiger charge is -2.32. The highest BCUT2D eigenvalue weighted by atomic mass is 16.5. The van der Waals surface area contributed by atoms with Crippen molar-refractivity contribution in [3.63, 3.8) is 0 Å². The van der Waals surface area contributed by atoms with Gasteiger partial charge in [-0.25, -0.2) is 9.97 Å². The fourth-order valence-corrected chi connectivity index (χ4v) is 3.06. The van der Waals surface area contributed by atoms with Gasteiger partial charge in [-0.15, -0.1) is 0 Å². The number of nitrogens with zero attached hydrogens (tertiary/aromatic N) is 3. The molecule has 3 rings (SSSR count). The van der Waals surface area contributed by atoms with Crippen molar-refractivity contribution in [2.45, 2.75) is 26.7 Å². The van der Waals surface area contributed by atoms with E-state index in [2.05, 4.69) is 19.9 Å². The molecule has 0 spiro atoms. The highest BCUT2D eigenvalue weighted by molar-refractivity contribution is 5.56. The number of nitrogens with one attached hydrogen (secondary N) is 1. The largest absolute Gasteiger partial charge is 0.384 e. The van der Waals surface area contributed by atoms with Gasteiger partial charge in [-0.2, -0.15) is 0 Å². The van der Waals surface area contributed by atoms with Crippen molar-refractivity contribution in [3.05, 3.63) is 39.9 Å². The maximum atomic E-state index is 11.9. The third-order valence-electron chi connectivity index (χ3n) is 4.76. The molecule has 0 amide bonds. The summed E-state index contributed by atoms with van der Waals surface area (Å²) in [6.45, 7) is 6.46. The monoisotopic (exact) mass is 328 g/mol. The molecule has 3 heterocycles. The number of aryl methyl sites for hydroxylation is 1. The molecule has 6 heteroatoms. The van der Waals surface area contributed by atoms with E-state index in [1.165, 1.54) is 0 Å². The number of H-pyrrole nitrogens is 1.